The van der Waals surface area contributed by atoms with E-state index in [1.165, 1.54) is 12.1 Å². The van der Waals surface area contributed by atoms with Crippen molar-refractivity contribution in [1.29, 1.82) is 5.26 Å². The van der Waals surface area contributed by atoms with Gasteiger partial charge >= 0.3 is 0 Å². The Labute approximate surface area is 114 Å². The Morgan fingerprint density at radius 1 is 1.20 bits per heavy atom. The van der Waals surface area contributed by atoms with Crippen LogP contribution in [0.3, 0.4) is 0 Å². The smallest absolute Gasteiger partial charge is 0.257 e. The molecule has 0 bridgehead atoms. The molecule has 0 aliphatic heterocycles. The molecule has 2 aromatic rings. The van der Waals surface area contributed by atoms with Crippen LogP contribution in [0.4, 0.5) is 15.8 Å². The quantitative estimate of drug-likeness (QED) is 0.589. The molecule has 0 aliphatic rings. The minimum atomic E-state index is -0.538. The first-order valence-electron chi connectivity index (χ1n) is 5.72. The van der Waals surface area contributed by atoms with E-state index in [-0.39, 0.29) is 11.3 Å². The Kier molecular flexibility index (Phi) is 3.93. The van der Waals surface area contributed by atoms with Gasteiger partial charge in [0, 0.05) is 0 Å². The van der Waals surface area contributed by atoms with Gasteiger partial charge in [-0.1, -0.05) is 12.1 Å². The van der Waals surface area contributed by atoms with Crippen molar-refractivity contribution in [3.63, 3.8) is 0 Å². The Balaban J connectivity index is 2.31. The number of carbonyl (C=O) groups is 1. The van der Waals surface area contributed by atoms with Gasteiger partial charge in [-0.15, -0.1) is 0 Å². The summed E-state index contributed by atoms with van der Waals surface area (Å²) in [5, 5.41) is 11.5. The third-order valence-corrected chi connectivity index (χ3v) is 2.68. The number of nitrogens with one attached hydrogen (secondary N) is 2. The van der Waals surface area contributed by atoms with Crippen molar-refractivity contribution < 1.29 is 9.18 Å². The van der Waals surface area contributed by atoms with E-state index in [0.717, 1.165) is 6.07 Å². The molecule has 1 amide bonds. The number of nitrogens with two attached hydrogens (primary N) is 1. The lowest BCUT2D eigenvalue weighted by atomic mass is 10.1. The molecule has 2 aromatic carbocycles. The summed E-state index contributed by atoms with van der Waals surface area (Å²) in [6.07, 6.45) is 0. The van der Waals surface area contributed by atoms with E-state index < -0.39 is 11.7 Å². The molecular weight excluding hydrogens is 259 g/mol. The van der Waals surface area contributed by atoms with E-state index in [4.69, 9.17) is 11.1 Å². The summed E-state index contributed by atoms with van der Waals surface area (Å²) in [4.78, 5) is 12.1. The maximum Gasteiger partial charge on any atom is 0.257 e. The van der Waals surface area contributed by atoms with Crippen LogP contribution < -0.4 is 16.6 Å². The van der Waals surface area contributed by atoms with Gasteiger partial charge in [0.1, 0.15) is 11.9 Å². The van der Waals surface area contributed by atoms with Crippen LogP contribution in [0.1, 0.15) is 15.9 Å². The number of rotatable bonds is 3. The summed E-state index contributed by atoms with van der Waals surface area (Å²) < 4.78 is 13.0. The number of amides is 1. The van der Waals surface area contributed by atoms with Crippen LogP contribution in [0, 0.1) is 17.1 Å². The molecule has 6 heteroatoms. The van der Waals surface area contributed by atoms with Gasteiger partial charge < -0.3 is 10.7 Å². The fourth-order valence-electron chi connectivity index (χ4n) is 1.71. The number of hydrogen-bond acceptors (Lipinski definition) is 4. The third kappa shape index (κ3) is 2.74. The van der Waals surface area contributed by atoms with E-state index in [9.17, 15) is 9.18 Å². The van der Waals surface area contributed by atoms with Gasteiger partial charge in [0.05, 0.1) is 22.5 Å². The lowest BCUT2D eigenvalue weighted by Crippen LogP contribution is -2.17. The molecule has 0 heterocycles. The maximum atomic E-state index is 13.0. The van der Waals surface area contributed by atoms with Gasteiger partial charge in [-0.3, -0.25) is 10.6 Å². The Morgan fingerprint density at radius 3 is 2.65 bits per heavy atom. The van der Waals surface area contributed by atoms with E-state index in [1.54, 1.807) is 24.3 Å². The molecule has 0 radical (unpaired) electrons. The van der Waals surface area contributed by atoms with Crippen LogP contribution in [0.2, 0.25) is 0 Å². The summed E-state index contributed by atoms with van der Waals surface area (Å²) >= 11 is 0. The molecule has 100 valence electrons. The average Bonchev–Trinajstić information content (AvgIpc) is 2.48. The molecule has 2 rings (SSSR count). The van der Waals surface area contributed by atoms with Gasteiger partial charge in [-0.2, -0.15) is 5.26 Å². The zero-order valence-corrected chi connectivity index (χ0v) is 10.4. The van der Waals surface area contributed by atoms with Crippen LogP contribution in [-0.4, -0.2) is 5.91 Å². The largest absolute Gasteiger partial charge is 0.323 e. The topological polar surface area (TPSA) is 90.9 Å². The molecule has 0 atom stereocenters. The molecular formula is C14H11FN4O. The second kappa shape index (κ2) is 5.82. The lowest BCUT2D eigenvalue weighted by molar-refractivity contribution is 0.102. The molecule has 0 spiro atoms. The van der Waals surface area contributed by atoms with Crippen molar-refractivity contribution in [3.05, 3.63) is 59.4 Å². The average molecular weight is 270 g/mol. The number of carbonyl (C=O) groups excluding carboxylic acids is 1. The van der Waals surface area contributed by atoms with Gasteiger partial charge in [-0.25, -0.2) is 4.39 Å². The van der Waals surface area contributed by atoms with E-state index >= 15 is 0 Å². The van der Waals surface area contributed by atoms with Crippen LogP contribution in [-0.2, 0) is 0 Å². The van der Waals surface area contributed by atoms with Crippen molar-refractivity contribution in [2.75, 3.05) is 10.7 Å². The fourth-order valence-corrected chi connectivity index (χ4v) is 1.71. The number of benzene rings is 2. The molecule has 0 aliphatic carbocycles. The highest BCUT2D eigenvalue weighted by molar-refractivity contribution is 6.08. The van der Waals surface area contributed by atoms with Gasteiger partial charge in [0.15, 0.2) is 0 Å². The standard InChI is InChI=1S/C14H11FN4O/c15-10-5-6-12(9(7-10)8-16)18-14(20)11-3-1-2-4-13(11)19-17/h1-7,19H,17H2,(H,18,20). The molecule has 0 fully saturated rings. The molecule has 0 unspecified atom stereocenters. The minimum Gasteiger partial charge on any atom is -0.323 e. The SMILES string of the molecule is N#Cc1cc(F)ccc1NC(=O)c1ccccc1NN. The number of anilines is 2. The molecule has 20 heavy (non-hydrogen) atoms. The number of nitriles is 1. The van der Waals surface area contributed by atoms with Crippen molar-refractivity contribution >= 4 is 17.3 Å². The summed E-state index contributed by atoms with van der Waals surface area (Å²) in [5.41, 5.74) is 3.48. The number of nitrogen functional groups attached to an aromatic ring is 1. The molecule has 5 nitrogen and oxygen atoms in total. The van der Waals surface area contributed by atoms with Gasteiger partial charge in [0.25, 0.3) is 5.91 Å². The second-order valence-electron chi connectivity index (χ2n) is 3.95. The molecule has 0 aromatic heterocycles. The van der Waals surface area contributed by atoms with Crippen LogP contribution >= 0.6 is 0 Å². The molecule has 4 N–H and O–H groups in total. The van der Waals surface area contributed by atoms with Crippen LogP contribution in [0.15, 0.2) is 42.5 Å². The van der Waals surface area contributed by atoms with Crippen LogP contribution in [0.25, 0.3) is 0 Å². The van der Waals surface area contributed by atoms with E-state index in [1.807, 2.05) is 6.07 Å². The zero-order chi connectivity index (χ0) is 14.5. The Hall–Kier alpha value is -2.91. The highest BCUT2D eigenvalue weighted by Gasteiger charge is 2.12. The number of para-hydroxylation sites is 1. The minimum absolute atomic E-state index is 0.0524. The number of hydrogen-bond donors (Lipinski definition) is 3. The normalized spacial score (nSPS) is 9.65. The van der Waals surface area contributed by atoms with Crippen LogP contribution in [0.5, 0.6) is 0 Å². The van der Waals surface area contributed by atoms with Crippen molar-refractivity contribution in [2.45, 2.75) is 0 Å². The highest BCUT2D eigenvalue weighted by Crippen LogP contribution is 2.19. The predicted molar refractivity (Wildman–Crippen MR) is 73.3 cm³/mol. The van der Waals surface area contributed by atoms with Gasteiger partial charge in [0.2, 0.25) is 0 Å². The summed E-state index contributed by atoms with van der Waals surface area (Å²) in [6, 6.07) is 12.0. The highest BCUT2D eigenvalue weighted by atomic mass is 19.1. The number of nitrogens with zero attached hydrogens (tertiary/aromatic N) is 1. The van der Waals surface area contributed by atoms with Crippen molar-refractivity contribution in [2.24, 2.45) is 5.84 Å². The first-order valence-corrected chi connectivity index (χ1v) is 5.72. The monoisotopic (exact) mass is 270 g/mol. The first kappa shape index (κ1) is 13.5. The number of hydrazine groups is 1. The Morgan fingerprint density at radius 2 is 1.95 bits per heavy atom. The van der Waals surface area contributed by atoms with Gasteiger partial charge in [-0.05, 0) is 30.3 Å². The third-order valence-electron chi connectivity index (χ3n) is 2.68. The van der Waals surface area contributed by atoms with E-state index in [2.05, 4.69) is 10.7 Å². The predicted octanol–water partition coefficient (Wildman–Crippen LogP) is 2.24. The zero-order valence-electron chi connectivity index (χ0n) is 10.4. The van der Waals surface area contributed by atoms with E-state index in [0.29, 0.717) is 11.3 Å². The lowest BCUT2D eigenvalue weighted by Gasteiger charge is -2.10. The first-order chi connectivity index (χ1) is 9.65. The maximum absolute atomic E-state index is 13.0. The summed E-state index contributed by atoms with van der Waals surface area (Å²) in [5.74, 6) is 4.34. The van der Waals surface area contributed by atoms with Crippen molar-refractivity contribution in [1.82, 2.24) is 0 Å². The Bertz CT molecular complexity index is 694. The molecule has 0 saturated carbocycles. The fraction of sp³-hybridized carbons (Fsp3) is 0. The summed E-state index contributed by atoms with van der Waals surface area (Å²) in [6.45, 7) is 0. The molecule has 0 saturated heterocycles. The second-order valence-corrected chi connectivity index (χ2v) is 3.95. The van der Waals surface area contributed by atoms with Crippen molar-refractivity contribution in [3.8, 4) is 6.07 Å². The summed E-state index contributed by atoms with van der Waals surface area (Å²) in [7, 11) is 0. The number of halogens is 1.